The third-order valence-corrected chi connectivity index (χ3v) is 4.61. The van der Waals surface area contributed by atoms with E-state index in [0.29, 0.717) is 24.6 Å². The molecule has 0 amide bonds. The zero-order valence-corrected chi connectivity index (χ0v) is 18.6. The summed E-state index contributed by atoms with van der Waals surface area (Å²) in [5.74, 6) is 3.83. The number of aliphatic imine (C=N–C) groups is 1. The maximum absolute atomic E-state index is 5.55. The van der Waals surface area contributed by atoms with Crippen LogP contribution in [0.5, 0.6) is 5.75 Å². The lowest BCUT2D eigenvalue weighted by Crippen LogP contribution is -2.39. The van der Waals surface area contributed by atoms with Gasteiger partial charge in [0.1, 0.15) is 11.6 Å². The number of benzene rings is 1. The van der Waals surface area contributed by atoms with Crippen LogP contribution in [0.4, 0.5) is 0 Å². The number of ether oxygens (including phenoxy) is 1. The molecule has 0 aliphatic carbocycles. The van der Waals surface area contributed by atoms with Crippen LogP contribution in [0.3, 0.4) is 0 Å². The molecule has 2 aromatic heterocycles. The van der Waals surface area contributed by atoms with Gasteiger partial charge >= 0.3 is 0 Å². The van der Waals surface area contributed by atoms with Crippen molar-refractivity contribution in [3.8, 4) is 17.3 Å². The molecule has 1 aliphatic heterocycles. The van der Waals surface area contributed by atoms with Gasteiger partial charge in [0.2, 0.25) is 5.82 Å². The van der Waals surface area contributed by atoms with E-state index in [1.54, 1.807) is 13.3 Å². The molecular formula is C20H25IN6O2. The molecule has 3 aromatic rings. The lowest BCUT2D eigenvalue weighted by Gasteiger charge is -2.11. The molecule has 3 N–H and O–H groups in total. The first-order valence-electron chi connectivity index (χ1n) is 9.46. The van der Waals surface area contributed by atoms with Crippen LogP contribution >= 0.6 is 24.0 Å². The lowest BCUT2D eigenvalue weighted by molar-refractivity contribution is 0.357. The van der Waals surface area contributed by atoms with E-state index in [4.69, 9.17) is 9.15 Å². The first-order chi connectivity index (χ1) is 13.8. The van der Waals surface area contributed by atoms with Crippen LogP contribution in [0.15, 0.2) is 46.0 Å². The van der Waals surface area contributed by atoms with Crippen molar-refractivity contribution < 1.29 is 9.15 Å². The minimum atomic E-state index is 0. The van der Waals surface area contributed by atoms with Crippen LogP contribution < -0.4 is 15.4 Å². The molecule has 1 aromatic carbocycles. The zero-order valence-electron chi connectivity index (χ0n) is 16.3. The Morgan fingerprint density at radius 3 is 2.86 bits per heavy atom. The van der Waals surface area contributed by atoms with Gasteiger partial charge in [-0.25, -0.2) is 4.98 Å². The molecule has 4 rings (SSSR count). The number of aromatic amines is 1. The van der Waals surface area contributed by atoms with E-state index in [2.05, 4.69) is 49.0 Å². The van der Waals surface area contributed by atoms with E-state index >= 15 is 0 Å². The minimum Gasteiger partial charge on any atom is -0.493 e. The maximum atomic E-state index is 5.55. The Bertz CT molecular complexity index is 938. The molecule has 0 radical (unpaired) electrons. The molecule has 29 heavy (non-hydrogen) atoms. The Kier molecular flexibility index (Phi) is 7.50. The number of hydrogen-bond donors (Lipinski definition) is 3. The normalized spacial score (nSPS) is 12.8. The van der Waals surface area contributed by atoms with Crippen molar-refractivity contribution in [1.82, 2.24) is 25.8 Å². The molecule has 0 spiro atoms. The van der Waals surface area contributed by atoms with Gasteiger partial charge < -0.3 is 19.8 Å². The summed E-state index contributed by atoms with van der Waals surface area (Å²) in [5.41, 5.74) is 2.61. The molecule has 0 unspecified atom stereocenters. The summed E-state index contributed by atoms with van der Waals surface area (Å²) in [6.07, 6.45) is 4.25. The van der Waals surface area contributed by atoms with Crippen molar-refractivity contribution in [3.63, 3.8) is 0 Å². The fourth-order valence-electron chi connectivity index (χ4n) is 3.16. The van der Waals surface area contributed by atoms with Crippen molar-refractivity contribution in [2.45, 2.75) is 19.3 Å². The maximum Gasteiger partial charge on any atom is 0.216 e. The van der Waals surface area contributed by atoms with Gasteiger partial charge in [-0.1, -0.05) is 12.1 Å². The van der Waals surface area contributed by atoms with Gasteiger partial charge in [-0.3, -0.25) is 10.1 Å². The van der Waals surface area contributed by atoms with Crippen molar-refractivity contribution in [1.29, 1.82) is 0 Å². The highest BCUT2D eigenvalue weighted by Crippen LogP contribution is 2.25. The van der Waals surface area contributed by atoms with E-state index in [1.807, 2.05) is 12.1 Å². The number of nitrogens with one attached hydrogen (secondary N) is 3. The predicted molar refractivity (Wildman–Crippen MR) is 122 cm³/mol. The van der Waals surface area contributed by atoms with Crippen LogP contribution in [0, 0.1) is 0 Å². The monoisotopic (exact) mass is 508 g/mol. The van der Waals surface area contributed by atoms with Crippen LogP contribution in [-0.4, -0.2) is 47.9 Å². The molecule has 0 saturated heterocycles. The van der Waals surface area contributed by atoms with Crippen molar-refractivity contribution in [2.24, 2.45) is 4.99 Å². The van der Waals surface area contributed by atoms with Crippen LogP contribution in [-0.2, 0) is 19.3 Å². The summed E-state index contributed by atoms with van der Waals surface area (Å²) in [7, 11) is 1.77. The van der Waals surface area contributed by atoms with Gasteiger partial charge in [-0.15, -0.1) is 24.0 Å². The third kappa shape index (κ3) is 5.49. The highest BCUT2D eigenvalue weighted by molar-refractivity contribution is 14.0. The van der Waals surface area contributed by atoms with Gasteiger partial charge in [0.05, 0.1) is 12.9 Å². The Morgan fingerprint density at radius 2 is 2.07 bits per heavy atom. The van der Waals surface area contributed by atoms with Crippen LogP contribution in [0.2, 0.25) is 0 Å². The highest BCUT2D eigenvalue weighted by Gasteiger charge is 2.12. The number of guanidine groups is 1. The number of nitrogens with zero attached hydrogens (tertiary/aromatic N) is 3. The van der Waals surface area contributed by atoms with Gasteiger partial charge in [-0.05, 0) is 35.7 Å². The Labute approximate surface area is 186 Å². The van der Waals surface area contributed by atoms with Gasteiger partial charge in [0.25, 0.3) is 0 Å². The Morgan fingerprint density at radius 1 is 1.21 bits per heavy atom. The second kappa shape index (κ2) is 10.3. The van der Waals surface area contributed by atoms with Crippen molar-refractivity contribution in [3.05, 3.63) is 53.5 Å². The molecule has 8 nitrogen and oxygen atoms in total. The van der Waals surface area contributed by atoms with Gasteiger partial charge in [-0.2, -0.15) is 5.10 Å². The number of fused-ring (bicyclic) bond motifs is 1. The van der Waals surface area contributed by atoms with Crippen molar-refractivity contribution in [2.75, 3.05) is 26.7 Å². The summed E-state index contributed by atoms with van der Waals surface area (Å²) in [5, 5.41) is 13.8. The van der Waals surface area contributed by atoms with Crippen molar-refractivity contribution >= 4 is 29.9 Å². The standard InChI is InChI=1S/C20H24N6O2.HI/c1-21-20(22-9-6-14-4-5-16-15(13-14)8-12-28-16)23-10-7-18-24-19(26-25-18)17-3-2-11-27-17;/h2-5,11,13H,6-10,12H2,1H3,(H2,21,22,23)(H,24,25,26);1H. The lowest BCUT2D eigenvalue weighted by atomic mass is 10.1. The minimum absolute atomic E-state index is 0. The topological polar surface area (TPSA) is 100 Å². The number of H-pyrrole nitrogens is 1. The quantitative estimate of drug-likeness (QED) is 0.258. The Hall–Kier alpha value is -2.56. The second-order valence-electron chi connectivity index (χ2n) is 6.55. The smallest absolute Gasteiger partial charge is 0.216 e. The van der Waals surface area contributed by atoms with Gasteiger partial charge in [0, 0.05) is 33.0 Å². The molecule has 9 heteroatoms. The number of aromatic nitrogens is 3. The largest absolute Gasteiger partial charge is 0.493 e. The predicted octanol–water partition coefficient (Wildman–Crippen LogP) is 2.57. The highest BCUT2D eigenvalue weighted by atomic mass is 127. The van der Waals surface area contributed by atoms with E-state index in [-0.39, 0.29) is 24.0 Å². The summed E-state index contributed by atoms with van der Waals surface area (Å²) in [4.78, 5) is 8.70. The molecule has 0 fully saturated rings. The van der Waals surface area contributed by atoms with E-state index in [0.717, 1.165) is 43.5 Å². The average Bonchev–Trinajstić information content (AvgIpc) is 3.47. The molecule has 1 aliphatic rings. The summed E-state index contributed by atoms with van der Waals surface area (Å²) in [6.45, 7) is 2.30. The summed E-state index contributed by atoms with van der Waals surface area (Å²) >= 11 is 0. The molecule has 0 atom stereocenters. The number of hydrogen-bond acceptors (Lipinski definition) is 5. The van der Waals surface area contributed by atoms with E-state index in [9.17, 15) is 0 Å². The first kappa shape index (κ1) is 21.2. The fourth-order valence-corrected chi connectivity index (χ4v) is 3.16. The third-order valence-electron chi connectivity index (χ3n) is 4.61. The van der Waals surface area contributed by atoms with Crippen LogP contribution in [0.1, 0.15) is 17.0 Å². The van der Waals surface area contributed by atoms with E-state index < -0.39 is 0 Å². The Balaban J connectivity index is 0.00000240. The zero-order chi connectivity index (χ0) is 19.2. The molecule has 154 valence electrons. The SMILES string of the molecule is CN=C(NCCc1ccc2c(c1)CCO2)NCCc1nc(-c2ccco2)n[nH]1.I. The fraction of sp³-hybridized carbons (Fsp3) is 0.350. The number of rotatable bonds is 7. The summed E-state index contributed by atoms with van der Waals surface area (Å²) < 4.78 is 10.9. The number of halogens is 1. The molecule has 0 bridgehead atoms. The van der Waals surface area contributed by atoms with Crippen LogP contribution in [0.25, 0.3) is 11.6 Å². The van der Waals surface area contributed by atoms with Gasteiger partial charge in [0.15, 0.2) is 11.7 Å². The molecule has 0 saturated carbocycles. The molecule has 3 heterocycles. The summed E-state index contributed by atoms with van der Waals surface area (Å²) in [6, 6.07) is 10.1. The number of furan rings is 1. The second-order valence-corrected chi connectivity index (χ2v) is 6.55. The first-order valence-corrected chi connectivity index (χ1v) is 9.46. The van der Waals surface area contributed by atoms with E-state index in [1.165, 1.54) is 11.1 Å². The molecular weight excluding hydrogens is 483 g/mol. The average molecular weight is 508 g/mol.